The van der Waals surface area contributed by atoms with Crippen molar-refractivity contribution in [3.8, 4) is 11.5 Å². The van der Waals surface area contributed by atoms with E-state index in [1.54, 1.807) is 19.1 Å². The summed E-state index contributed by atoms with van der Waals surface area (Å²) in [6.45, 7) is 5.77. The number of ether oxygens (including phenoxy) is 1. The third-order valence-corrected chi connectivity index (χ3v) is 3.68. The highest BCUT2D eigenvalue weighted by Gasteiger charge is 2.16. The summed E-state index contributed by atoms with van der Waals surface area (Å²) in [7, 11) is 0. The van der Waals surface area contributed by atoms with Crippen molar-refractivity contribution in [3.05, 3.63) is 23.8 Å². The zero-order valence-electron chi connectivity index (χ0n) is 12.1. The molecule has 1 heterocycles. The molecular formula is C16H23NO3. The predicted octanol–water partition coefficient (Wildman–Crippen LogP) is 2.85. The van der Waals surface area contributed by atoms with Crippen molar-refractivity contribution in [2.45, 2.75) is 32.6 Å². The number of rotatable bonds is 7. The van der Waals surface area contributed by atoms with E-state index in [-0.39, 0.29) is 11.5 Å². The van der Waals surface area contributed by atoms with Crippen molar-refractivity contribution in [2.24, 2.45) is 0 Å². The molecular weight excluding hydrogens is 254 g/mol. The average Bonchev–Trinajstić information content (AvgIpc) is 2.96. The van der Waals surface area contributed by atoms with Crippen LogP contribution in [0.1, 0.15) is 43.0 Å². The number of hydrogen-bond donors (Lipinski definition) is 1. The lowest BCUT2D eigenvalue weighted by atomic mass is 10.1. The number of aromatic hydroxyl groups is 1. The van der Waals surface area contributed by atoms with Crippen LogP contribution in [-0.2, 0) is 0 Å². The molecule has 110 valence electrons. The number of carbonyl (C=O) groups excluding carboxylic acids is 1. The lowest BCUT2D eigenvalue weighted by molar-refractivity contribution is 0.0981. The molecule has 4 nitrogen and oxygen atoms in total. The molecule has 2 rings (SSSR count). The fourth-order valence-electron chi connectivity index (χ4n) is 2.57. The van der Waals surface area contributed by atoms with Crippen LogP contribution >= 0.6 is 0 Å². The number of ketones is 1. The molecule has 1 saturated heterocycles. The highest BCUT2D eigenvalue weighted by molar-refractivity contribution is 6.00. The second kappa shape index (κ2) is 7.29. The highest BCUT2D eigenvalue weighted by atomic mass is 16.5. The van der Waals surface area contributed by atoms with Gasteiger partial charge in [0.15, 0.2) is 5.78 Å². The van der Waals surface area contributed by atoms with Gasteiger partial charge >= 0.3 is 0 Å². The monoisotopic (exact) mass is 277 g/mol. The number of nitrogens with zero attached hydrogens (tertiary/aromatic N) is 1. The minimum atomic E-state index is -0.0855. The average molecular weight is 277 g/mol. The van der Waals surface area contributed by atoms with Gasteiger partial charge in [-0.15, -0.1) is 0 Å². The summed E-state index contributed by atoms with van der Waals surface area (Å²) in [6, 6.07) is 4.98. The second-order valence-electron chi connectivity index (χ2n) is 5.18. The van der Waals surface area contributed by atoms with E-state index in [1.807, 2.05) is 0 Å². The Hall–Kier alpha value is -1.55. The van der Waals surface area contributed by atoms with Crippen LogP contribution < -0.4 is 4.74 Å². The van der Waals surface area contributed by atoms with E-state index in [4.69, 9.17) is 4.74 Å². The van der Waals surface area contributed by atoms with E-state index in [0.717, 1.165) is 13.0 Å². The standard InChI is InChI=1S/C16H23NO3/c1-2-13(18)16-14(19)7-5-8-15(16)20-12-6-11-17-9-3-4-10-17/h5,7-8,19H,2-4,6,9-12H2,1H3. The SMILES string of the molecule is CCC(=O)c1c(O)cccc1OCCCN1CCCC1. The number of benzene rings is 1. The molecule has 1 N–H and O–H groups in total. The van der Waals surface area contributed by atoms with Crippen LogP contribution in [0.15, 0.2) is 18.2 Å². The number of hydrogen-bond acceptors (Lipinski definition) is 4. The van der Waals surface area contributed by atoms with Crippen LogP contribution in [0.5, 0.6) is 11.5 Å². The molecule has 1 aromatic carbocycles. The van der Waals surface area contributed by atoms with E-state index in [9.17, 15) is 9.90 Å². The Morgan fingerprint density at radius 1 is 1.35 bits per heavy atom. The summed E-state index contributed by atoms with van der Waals surface area (Å²) < 4.78 is 5.69. The van der Waals surface area contributed by atoms with Crippen molar-refractivity contribution < 1.29 is 14.6 Å². The maximum Gasteiger partial charge on any atom is 0.170 e. The zero-order chi connectivity index (χ0) is 14.4. The summed E-state index contributed by atoms with van der Waals surface area (Å²) in [5, 5.41) is 9.81. The van der Waals surface area contributed by atoms with Gasteiger partial charge < -0.3 is 14.7 Å². The van der Waals surface area contributed by atoms with Gasteiger partial charge in [0.2, 0.25) is 0 Å². The van der Waals surface area contributed by atoms with E-state index >= 15 is 0 Å². The van der Waals surface area contributed by atoms with Gasteiger partial charge in [0.25, 0.3) is 0 Å². The van der Waals surface area contributed by atoms with Gasteiger partial charge in [0, 0.05) is 13.0 Å². The fraction of sp³-hybridized carbons (Fsp3) is 0.562. The van der Waals surface area contributed by atoms with Gasteiger partial charge in [-0.3, -0.25) is 4.79 Å². The normalized spacial score (nSPS) is 15.4. The van der Waals surface area contributed by atoms with Crippen LogP contribution in [0.2, 0.25) is 0 Å². The van der Waals surface area contributed by atoms with Gasteiger partial charge in [-0.25, -0.2) is 0 Å². The maximum atomic E-state index is 11.8. The maximum absolute atomic E-state index is 11.8. The first-order valence-electron chi connectivity index (χ1n) is 7.42. The van der Waals surface area contributed by atoms with Crippen LogP contribution in [-0.4, -0.2) is 42.0 Å². The molecule has 0 unspecified atom stereocenters. The summed E-state index contributed by atoms with van der Waals surface area (Å²) in [6.07, 6.45) is 3.89. The molecule has 0 spiro atoms. The minimum absolute atomic E-state index is 0.00823. The molecule has 20 heavy (non-hydrogen) atoms. The molecule has 1 aromatic rings. The summed E-state index contributed by atoms with van der Waals surface area (Å²) in [4.78, 5) is 14.3. The number of likely N-dealkylation sites (tertiary alicyclic amines) is 1. The van der Waals surface area contributed by atoms with E-state index in [0.29, 0.717) is 24.3 Å². The minimum Gasteiger partial charge on any atom is -0.507 e. The number of phenolic OH excluding ortho intramolecular Hbond substituents is 1. The van der Waals surface area contributed by atoms with Gasteiger partial charge in [0.05, 0.1) is 6.61 Å². The van der Waals surface area contributed by atoms with Gasteiger partial charge in [-0.1, -0.05) is 13.0 Å². The first kappa shape index (κ1) is 14.9. The molecule has 1 aliphatic rings. The van der Waals surface area contributed by atoms with E-state index < -0.39 is 0 Å². The number of phenols is 1. The van der Waals surface area contributed by atoms with Crippen molar-refractivity contribution >= 4 is 5.78 Å². The molecule has 0 bridgehead atoms. The Balaban J connectivity index is 1.88. The smallest absolute Gasteiger partial charge is 0.170 e. The topological polar surface area (TPSA) is 49.8 Å². The third-order valence-electron chi connectivity index (χ3n) is 3.68. The first-order valence-corrected chi connectivity index (χ1v) is 7.42. The Bertz CT molecular complexity index is 453. The van der Waals surface area contributed by atoms with Gasteiger partial charge in [-0.2, -0.15) is 0 Å². The van der Waals surface area contributed by atoms with Crippen LogP contribution in [0, 0.1) is 0 Å². The largest absolute Gasteiger partial charge is 0.507 e. The first-order chi connectivity index (χ1) is 9.72. The number of carbonyl (C=O) groups is 1. The molecule has 0 radical (unpaired) electrons. The molecule has 0 atom stereocenters. The predicted molar refractivity (Wildman–Crippen MR) is 78.5 cm³/mol. The van der Waals surface area contributed by atoms with Crippen LogP contribution in [0.4, 0.5) is 0 Å². The quantitative estimate of drug-likeness (QED) is 0.615. The Labute approximate surface area is 120 Å². The molecule has 1 fully saturated rings. The summed E-state index contributed by atoms with van der Waals surface area (Å²) in [5.74, 6) is 0.421. The molecule has 0 aliphatic carbocycles. The van der Waals surface area contributed by atoms with Gasteiger partial charge in [0.1, 0.15) is 17.1 Å². The van der Waals surface area contributed by atoms with Crippen LogP contribution in [0.25, 0.3) is 0 Å². The van der Waals surface area contributed by atoms with E-state index in [2.05, 4.69) is 4.90 Å². The third kappa shape index (κ3) is 3.73. The Kier molecular flexibility index (Phi) is 5.41. The second-order valence-corrected chi connectivity index (χ2v) is 5.18. The zero-order valence-corrected chi connectivity index (χ0v) is 12.1. The lowest BCUT2D eigenvalue weighted by Crippen LogP contribution is -2.22. The van der Waals surface area contributed by atoms with Gasteiger partial charge in [-0.05, 0) is 44.5 Å². The molecule has 4 heteroatoms. The van der Waals surface area contributed by atoms with Crippen molar-refractivity contribution in [1.29, 1.82) is 0 Å². The molecule has 1 aliphatic heterocycles. The molecule has 0 aromatic heterocycles. The lowest BCUT2D eigenvalue weighted by Gasteiger charge is -2.15. The van der Waals surface area contributed by atoms with Crippen molar-refractivity contribution in [3.63, 3.8) is 0 Å². The van der Waals surface area contributed by atoms with E-state index in [1.165, 1.54) is 32.0 Å². The Morgan fingerprint density at radius 2 is 2.10 bits per heavy atom. The molecule has 0 saturated carbocycles. The summed E-state index contributed by atoms with van der Waals surface area (Å²) in [5.41, 5.74) is 0.316. The summed E-state index contributed by atoms with van der Waals surface area (Å²) >= 11 is 0. The van der Waals surface area contributed by atoms with Crippen molar-refractivity contribution in [1.82, 2.24) is 4.90 Å². The molecule has 0 amide bonds. The Morgan fingerprint density at radius 3 is 2.80 bits per heavy atom. The fourth-order valence-corrected chi connectivity index (χ4v) is 2.57. The van der Waals surface area contributed by atoms with Crippen LogP contribution in [0.3, 0.4) is 0 Å². The number of Topliss-reactive ketones (excluding diaryl/α,β-unsaturated/α-hetero) is 1. The highest BCUT2D eigenvalue weighted by Crippen LogP contribution is 2.28. The van der Waals surface area contributed by atoms with Crippen molar-refractivity contribution in [2.75, 3.05) is 26.2 Å².